The lowest BCUT2D eigenvalue weighted by atomic mass is 10.3. The van der Waals surface area contributed by atoms with Crippen LogP contribution in [-0.4, -0.2) is 6.61 Å². The van der Waals surface area contributed by atoms with Crippen molar-refractivity contribution in [2.75, 3.05) is 6.61 Å². The van der Waals surface area contributed by atoms with Gasteiger partial charge in [-0.25, -0.2) is 0 Å². The minimum atomic E-state index is 0.750. The normalized spacial score (nSPS) is 10.2. The molecular formula is C15H15OS. The van der Waals surface area contributed by atoms with Crippen molar-refractivity contribution in [2.45, 2.75) is 23.1 Å². The van der Waals surface area contributed by atoms with E-state index in [1.807, 2.05) is 36.4 Å². The molecule has 0 N–H and O–H groups in total. The van der Waals surface area contributed by atoms with Gasteiger partial charge in [-0.2, -0.15) is 0 Å². The van der Waals surface area contributed by atoms with Crippen LogP contribution in [0.2, 0.25) is 0 Å². The summed E-state index contributed by atoms with van der Waals surface area (Å²) in [6.45, 7) is 2.86. The summed E-state index contributed by atoms with van der Waals surface area (Å²) in [6, 6.07) is 19.2. The molecule has 0 saturated carbocycles. The molecule has 0 heterocycles. The molecule has 0 spiro atoms. The zero-order chi connectivity index (χ0) is 11.9. The minimum Gasteiger partial charge on any atom is -0.492 e. The molecule has 1 nitrogen and oxygen atoms in total. The van der Waals surface area contributed by atoms with Gasteiger partial charge in [0.05, 0.1) is 11.5 Å². The third-order valence-corrected chi connectivity index (χ3v) is 3.29. The van der Waals surface area contributed by atoms with Gasteiger partial charge in [-0.1, -0.05) is 43.0 Å². The minimum absolute atomic E-state index is 0.750. The Bertz CT molecular complexity index is 453. The average Bonchev–Trinajstić information content (AvgIpc) is 2.39. The molecule has 0 bridgehead atoms. The third kappa shape index (κ3) is 3.53. The zero-order valence-electron chi connectivity index (χ0n) is 9.85. The van der Waals surface area contributed by atoms with E-state index in [-0.39, 0.29) is 0 Å². The second-order valence-corrected chi connectivity index (χ2v) is 4.75. The number of rotatable bonds is 5. The van der Waals surface area contributed by atoms with Crippen LogP contribution in [0.3, 0.4) is 0 Å². The molecule has 2 aromatic carbocycles. The number of ether oxygens (including phenoxy) is 1. The average molecular weight is 243 g/mol. The van der Waals surface area contributed by atoms with Gasteiger partial charge in [-0.05, 0) is 36.8 Å². The maximum Gasteiger partial charge on any atom is 0.133 e. The van der Waals surface area contributed by atoms with Gasteiger partial charge in [0, 0.05) is 4.90 Å². The summed E-state index contributed by atoms with van der Waals surface area (Å²) in [5.74, 6) is 0.920. The predicted molar refractivity (Wildman–Crippen MR) is 71.6 cm³/mol. The maximum absolute atomic E-state index is 5.71. The smallest absolute Gasteiger partial charge is 0.133 e. The molecule has 17 heavy (non-hydrogen) atoms. The SMILES string of the molecule is CCCOc1c[c]ccc1Sc1ccccc1. The Morgan fingerprint density at radius 1 is 1.18 bits per heavy atom. The van der Waals surface area contributed by atoms with E-state index in [0.29, 0.717) is 0 Å². The van der Waals surface area contributed by atoms with Crippen LogP contribution in [0.1, 0.15) is 13.3 Å². The van der Waals surface area contributed by atoms with Crippen LogP contribution in [0.15, 0.2) is 58.3 Å². The first-order chi connectivity index (χ1) is 8.40. The lowest BCUT2D eigenvalue weighted by Crippen LogP contribution is -1.96. The zero-order valence-corrected chi connectivity index (χ0v) is 10.7. The Morgan fingerprint density at radius 2 is 2.00 bits per heavy atom. The van der Waals surface area contributed by atoms with E-state index < -0.39 is 0 Å². The van der Waals surface area contributed by atoms with Crippen LogP contribution in [-0.2, 0) is 0 Å². The van der Waals surface area contributed by atoms with Crippen LogP contribution in [0.25, 0.3) is 0 Å². The Kier molecular flexibility index (Phi) is 4.51. The molecule has 2 heteroatoms. The third-order valence-electron chi connectivity index (χ3n) is 2.22. The molecule has 0 aliphatic carbocycles. The first kappa shape index (κ1) is 12.1. The number of benzene rings is 2. The van der Waals surface area contributed by atoms with Crippen LogP contribution in [0, 0.1) is 6.07 Å². The molecule has 0 atom stereocenters. The van der Waals surface area contributed by atoms with Gasteiger partial charge in [-0.15, -0.1) is 0 Å². The Hall–Kier alpha value is -1.41. The lowest BCUT2D eigenvalue weighted by Gasteiger charge is -2.09. The van der Waals surface area contributed by atoms with Gasteiger partial charge >= 0.3 is 0 Å². The molecule has 0 fully saturated rings. The van der Waals surface area contributed by atoms with Crippen LogP contribution >= 0.6 is 11.8 Å². The fourth-order valence-electron chi connectivity index (χ4n) is 1.43. The highest BCUT2D eigenvalue weighted by Crippen LogP contribution is 2.34. The van der Waals surface area contributed by atoms with E-state index in [2.05, 4.69) is 25.1 Å². The Labute approximate surface area is 107 Å². The van der Waals surface area contributed by atoms with Crippen molar-refractivity contribution < 1.29 is 4.74 Å². The van der Waals surface area contributed by atoms with Crippen molar-refractivity contribution in [3.8, 4) is 5.75 Å². The number of hydrogen-bond donors (Lipinski definition) is 0. The van der Waals surface area contributed by atoms with Crippen molar-refractivity contribution in [3.05, 3.63) is 54.6 Å². The topological polar surface area (TPSA) is 9.23 Å². The van der Waals surface area contributed by atoms with Crippen LogP contribution in [0.5, 0.6) is 5.75 Å². The summed E-state index contributed by atoms with van der Waals surface area (Å²) in [7, 11) is 0. The van der Waals surface area contributed by atoms with E-state index in [1.54, 1.807) is 11.8 Å². The molecule has 0 aliphatic rings. The highest BCUT2D eigenvalue weighted by atomic mass is 32.2. The molecule has 1 radical (unpaired) electrons. The summed E-state index contributed by atoms with van der Waals surface area (Å²) >= 11 is 1.72. The molecule has 2 rings (SSSR count). The van der Waals surface area contributed by atoms with Gasteiger partial charge in [0.25, 0.3) is 0 Å². The quantitative estimate of drug-likeness (QED) is 0.768. The van der Waals surface area contributed by atoms with Gasteiger partial charge < -0.3 is 4.74 Å². The van der Waals surface area contributed by atoms with Gasteiger partial charge in [-0.3, -0.25) is 0 Å². The molecule has 0 saturated heterocycles. The van der Waals surface area contributed by atoms with Crippen molar-refractivity contribution in [3.63, 3.8) is 0 Å². The van der Waals surface area contributed by atoms with E-state index in [0.717, 1.165) is 23.7 Å². The molecule has 87 valence electrons. The van der Waals surface area contributed by atoms with E-state index in [9.17, 15) is 0 Å². The maximum atomic E-state index is 5.71. The Balaban J connectivity index is 2.15. The summed E-state index contributed by atoms with van der Waals surface area (Å²) in [4.78, 5) is 2.36. The summed E-state index contributed by atoms with van der Waals surface area (Å²) in [6.07, 6.45) is 1.02. The second-order valence-electron chi connectivity index (χ2n) is 3.64. The summed E-state index contributed by atoms with van der Waals surface area (Å²) in [5, 5.41) is 0. The Morgan fingerprint density at radius 3 is 2.76 bits per heavy atom. The van der Waals surface area contributed by atoms with Crippen molar-refractivity contribution in [1.82, 2.24) is 0 Å². The molecule has 0 amide bonds. The van der Waals surface area contributed by atoms with Gasteiger partial charge in [0.1, 0.15) is 5.75 Å². The fourth-order valence-corrected chi connectivity index (χ4v) is 2.33. The van der Waals surface area contributed by atoms with Crippen LogP contribution < -0.4 is 4.74 Å². The molecule has 0 aliphatic heterocycles. The summed E-state index contributed by atoms with van der Waals surface area (Å²) in [5.41, 5.74) is 0. The standard InChI is InChI=1S/C15H15OS/c1-2-12-16-14-10-6-7-11-15(14)17-13-8-4-3-5-9-13/h3-5,7-11H,2,12H2,1H3. The molecule has 0 unspecified atom stereocenters. The van der Waals surface area contributed by atoms with Crippen molar-refractivity contribution >= 4 is 11.8 Å². The molecule has 2 aromatic rings. The van der Waals surface area contributed by atoms with Gasteiger partial charge in [0.2, 0.25) is 0 Å². The van der Waals surface area contributed by atoms with E-state index in [4.69, 9.17) is 4.74 Å². The first-order valence-corrected chi connectivity index (χ1v) is 6.57. The van der Waals surface area contributed by atoms with Crippen molar-refractivity contribution in [2.24, 2.45) is 0 Å². The van der Waals surface area contributed by atoms with E-state index >= 15 is 0 Å². The largest absolute Gasteiger partial charge is 0.492 e. The van der Waals surface area contributed by atoms with Crippen molar-refractivity contribution in [1.29, 1.82) is 0 Å². The molecular weight excluding hydrogens is 228 g/mol. The number of hydrogen-bond acceptors (Lipinski definition) is 2. The lowest BCUT2D eigenvalue weighted by molar-refractivity contribution is 0.310. The molecule has 0 aromatic heterocycles. The predicted octanol–water partition coefficient (Wildman–Crippen LogP) is 4.43. The van der Waals surface area contributed by atoms with Crippen LogP contribution in [0.4, 0.5) is 0 Å². The monoisotopic (exact) mass is 243 g/mol. The second kappa shape index (κ2) is 6.36. The summed E-state index contributed by atoms with van der Waals surface area (Å²) < 4.78 is 5.71. The van der Waals surface area contributed by atoms with Gasteiger partial charge in [0.15, 0.2) is 0 Å². The fraction of sp³-hybridized carbons (Fsp3) is 0.200. The van der Waals surface area contributed by atoms with E-state index in [1.165, 1.54) is 4.90 Å². The first-order valence-electron chi connectivity index (χ1n) is 5.76. The highest BCUT2D eigenvalue weighted by molar-refractivity contribution is 7.99. The highest BCUT2D eigenvalue weighted by Gasteiger charge is 2.04.